The van der Waals surface area contributed by atoms with Crippen LogP contribution in [-0.2, 0) is 11.3 Å². The third kappa shape index (κ3) is 5.39. The molecule has 0 atom stereocenters. The van der Waals surface area contributed by atoms with E-state index in [0.29, 0.717) is 30.3 Å². The summed E-state index contributed by atoms with van der Waals surface area (Å²) in [7, 11) is 3.21. The van der Waals surface area contributed by atoms with Crippen molar-refractivity contribution in [3.8, 4) is 11.5 Å². The predicted octanol–water partition coefficient (Wildman–Crippen LogP) is 3.55. The number of thioether (sulfide) groups is 1. The van der Waals surface area contributed by atoms with Crippen molar-refractivity contribution in [1.29, 1.82) is 0 Å². The van der Waals surface area contributed by atoms with Crippen molar-refractivity contribution in [3.05, 3.63) is 47.7 Å². The van der Waals surface area contributed by atoms with Crippen LogP contribution in [-0.4, -0.2) is 42.3 Å². The highest BCUT2D eigenvalue weighted by Gasteiger charge is 2.14. The van der Waals surface area contributed by atoms with Gasteiger partial charge in [0.15, 0.2) is 11.5 Å². The Labute approximate surface area is 153 Å². The minimum atomic E-state index is 0.0876. The van der Waals surface area contributed by atoms with Crippen molar-refractivity contribution in [1.82, 2.24) is 9.88 Å². The number of benzene rings is 1. The van der Waals surface area contributed by atoms with Crippen LogP contribution in [0.1, 0.15) is 18.1 Å². The molecule has 0 aliphatic rings. The van der Waals surface area contributed by atoms with E-state index >= 15 is 0 Å². The van der Waals surface area contributed by atoms with Crippen molar-refractivity contribution in [3.63, 3.8) is 0 Å². The number of aryl methyl sites for hydroxylation is 1. The molecule has 0 aliphatic carbocycles. The van der Waals surface area contributed by atoms with Gasteiger partial charge in [0.2, 0.25) is 5.91 Å². The topological polar surface area (TPSA) is 51.7 Å². The normalized spacial score (nSPS) is 10.4. The van der Waals surface area contributed by atoms with E-state index in [1.165, 1.54) is 11.8 Å². The molecule has 0 N–H and O–H groups in total. The quantitative estimate of drug-likeness (QED) is 0.674. The summed E-state index contributed by atoms with van der Waals surface area (Å²) in [6.45, 7) is 5.16. The highest BCUT2D eigenvalue weighted by Crippen LogP contribution is 2.28. The number of rotatable bonds is 8. The summed E-state index contributed by atoms with van der Waals surface area (Å²) in [5.41, 5.74) is 2.12. The first-order chi connectivity index (χ1) is 12.1. The summed E-state index contributed by atoms with van der Waals surface area (Å²) in [5, 5.41) is 0.862. The fraction of sp³-hybridized carbons (Fsp3) is 0.368. The van der Waals surface area contributed by atoms with E-state index in [4.69, 9.17) is 9.47 Å². The van der Waals surface area contributed by atoms with E-state index in [1.807, 2.05) is 55.3 Å². The van der Waals surface area contributed by atoms with Crippen molar-refractivity contribution in [2.24, 2.45) is 0 Å². The molecule has 1 amide bonds. The van der Waals surface area contributed by atoms with E-state index in [0.717, 1.165) is 16.2 Å². The van der Waals surface area contributed by atoms with E-state index in [9.17, 15) is 4.79 Å². The van der Waals surface area contributed by atoms with Gasteiger partial charge in [-0.05, 0) is 43.2 Å². The predicted molar refractivity (Wildman–Crippen MR) is 100 cm³/mol. The summed E-state index contributed by atoms with van der Waals surface area (Å²) < 4.78 is 10.6. The van der Waals surface area contributed by atoms with Crippen molar-refractivity contribution >= 4 is 17.7 Å². The zero-order valence-electron chi connectivity index (χ0n) is 15.1. The van der Waals surface area contributed by atoms with Gasteiger partial charge in [-0.3, -0.25) is 4.79 Å². The largest absolute Gasteiger partial charge is 0.493 e. The van der Waals surface area contributed by atoms with Gasteiger partial charge < -0.3 is 14.4 Å². The number of amides is 1. The van der Waals surface area contributed by atoms with Crippen LogP contribution in [0.4, 0.5) is 0 Å². The van der Waals surface area contributed by atoms with E-state index < -0.39 is 0 Å². The standard InChI is InChI=1S/C19H24N2O3S/c1-5-21(12-15-7-8-16(23-3)17(10-15)24-4)19(22)13-25-18-9-6-14(2)11-20-18/h6-11H,5,12-13H2,1-4H3. The maximum atomic E-state index is 12.5. The van der Waals surface area contributed by atoms with Crippen LogP contribution in [0.2, 0.25) is 0 Å². The minimum Gasteiger partial charge on any atom is -0.493 e. The number of carbonyl (C=O) groups is 1. The second kappa shape index (κ2) is 9.32. The Kier molecular flexibility index (Phi) is 7.13. The molecule has 2 rings (SSSR count). The van der Waals surface area contributed by atoms with Gasteiger partial charge in [-0.25, -0.2) is 4.98 Å². The molecule has 1 heterocycles. The first-order valence-corrected chi connectivity index (χ1v) is 9.10. The highest BCUT2D eigenvalue weighted by molar-refractivity contribution is 7.99. The Bertz CT molecular complexity index is 704. The lowest BCUT2D eigenvalue weighted by atomic mass is 10.2. The average Bonchev–Trinajstić information content (AvgIpc) is 2.65. The lowest BCUT2D eigenvalue weighted by molar-refractivity contribution is -0.128. The monoisotopic (exact) mass is 360 g/mol. The van der Waals surface area contributed by atoms with Gasteiger partial charge in [0.05, 0.1) is 25.0 Å². The molecule has 0 aliphatic heterocycles. The molecule has 0 saturated carbocycles. The maximum Gasteiger partial charge on any atom is 0.233 e. The Morgan fingerprint density at radius 3 is 2.52 bits per heavy atom. The van der Waals surface area contributed by atoms with E-state index in [-0.39, 0.29) is 5.91 Å². The Morgan fingerprint density at radius 1 is 1.16 bits per heavy atom. The Balaban J connectivity index is 1.98. The first kappa shape index (κ1) is 19.1. The van der Waals surface area contributed by atoms with Crippen LogP contribution >= 0.6 is 11.8 Å². The minimum absolute atomic E-state index is 0.0876. The smallest absolute Gasteiger partial charge is 0.233 e. The Morgan fingerprint density at radius 2 is 1.92 bits per heavy atom. The van der Waals surface area contributed by atoms with E-state index in [2.05, 4.69) is 4.98 Å². The van der Waals surface area contributed by atoms with Crippen LogP contribution in [0.3, 0.4) is 0 Å². The molecular formula is C19H24N2O3S. The fourth-order valence-electron chi connectivity index (χ4n) is 2.34. The van der Waals surface area contributed by atoms with Gasteiger partial charge >= 0.3 is 0 Å². The third-order valence-electron chi connectivity index (χ3n) is 3.78. The molecule has 1 aromatic heterocycles. The highest BCUT2D eigenvalue weighted by atomic mass is 32.2. The number of ether oxygens (including phenoxy) is 2. The molecule has 0 unspecified atom stereocenters. The molecule has 0 spiro atoms. The van der Waals surface area contributed by atoms with Crippen LogP contribution in [0.25, 0.3) is 0 Å². The van der Waals surface area contributed by atoms with Crippen LogP contribution < -0.4 is 9.47 Å². The summed E-state index contributed by atoms with van der Waals surface area (Å²) in [6, 6.07) is 9.66. The number of methoxy groups -OCH3 is 2. The number of hydrogen-bond donors (Lipinski definition) is 0. The summed E-state index contributed by atoms with van der Waals surface area (Å²) in [5.74, 6) is 1.81. The second-order valence-electron chi connectivity index (χ2n) is 5.56. The molecule has 0 radical (unpaired) electrons. The number of carbonyl (C=O) groups excluding carboxylic acids is 1. The fourth-order valence-corrected chi connectivity index (χ4v) is 3.09. The molecule has 25 heavy (non-hydrogen) atoms. The Hall–Kier alpha value is -2.21. The molecule has 0 fully saturated rings. The van der Waals surface area contributed by atoms with Gasteiger partial charge in [-0.1, -0.05) is 23.9 Å². The number of aromatic nitrogens is 1. The summed E-state index contributed by atoms with van der Waals surface area (Å²) in [4.78, 5) is 18.7. The molecule has 5 nitrogen and oxygen atoms in total. The molecule has 2 aromatic rings. The zero-order chi connectivity index (χ0) is 18.2. The third-order valence-corrected chi connectivity index (χ3v) is 4.71. The second-order valence-corrected chi connectivity index (χ2v) is 6.56. The zero-order valence-corrected chi connectivity index (χ0v) is 15.9. The van der Waals surface area contributed by atoms with Gasteiger partial charge in [-0.15, -0.1) is 0 Å². The van der Waals surface area contributed by atoms with Crippen LogP contribution in [0.5, 0.6) is 11.5 Å². The first-order valence-electron chi connectivity index (χ1n) is 8.11. The molecule has 1 aromatic carbocycles. The van der Waals surface area contributed by atoms with Gasteiger partial charge in [0.25, 0.3) is 0 Å². The summed E-state index contributed by atoms with van der Waals surface area (Å²) in [6.07, 6.45) is 1.81. The average molecular weight is 360 g/mol. The van der Waals surface area contributed by atoms with Gasteiger partial charge in [0, 0.05) is 19.3 Å². The molecule has 0 saturated heterocycles. The van der Waals surface area contributed by atoms with E-state index in [1.54, 1.807) is 14.2 Å². The summed E-state index contributed by atoms with van der Waals surface area (Å²) >= 11 is 1.46. The SMILES string of the molecule is CCN(Cc1ccc(OC)c(OC)c1)C(=O)CSc1ccc(C)cn1. The molecule has 0 bridgehead atoms. The van der Waals surface area contributed by atoms with Crippen molar-refractivity contribution in [2.75, 3.05) is 26.5 Å². The number of hydrogen-bond acceptors (Lipinski definition) is 5. The lowest BCUT2D eigenvalue weighted by Crippen LogP contribution is -2.31. The van der Waals surface area contributed by atoms with Crippen molar-refractivity contribution in [2.45, 2.75) is 25.4 Å². The van der Waals surface area contributed by atoms with Crippen molar-refractivity contribution < 1.29 is 14.3 Å². The number of pyridine rings is 1. The molecule has 6 heteroatoms. The molecule has 134 valence electrons. The van der Waals surface area contributed by atoms with Crippen LogP contribution in [0.15, 0.2) is 41.6 Å². The maximum absolute atomic E-state index is 12.5. The number of nitrogens with zero attached hydrogens (tertiary/aromatic N) is 2. The lowest BCUT2D eigenvalue weighted by Gasteiger charge is -2.21. The van der Waals surface area contributed by atoms with Crippen LogP contribution in [0, 0.1) is 6.92 Å². The van der Waals surface area contributed by atoms with Gasteiger partial charge in [0.1, 0.15) is 0 Å². The molecular weight excluding hydrogens is 336 g/mol. The van der Waals surface area contributed by atoms with Gasteiger partial charge in [-0.2, -0.15) is 0 Å².